The highest BCUT2D eigenvalue weighted by atomic mass is 32.1. The monoisotopic (exact) mass is 305 g/mol. The summed E-state index contributed by atoms with van der Waals surface area (Å²) in [4.78, 5) is 13.7. The van der Waals surface area contributed by atoms with Crippen LogP contribution in [0.4, 0.5) is 5.13 Å². The Hall–Kier alpha value is -1.79. The Morgan fingerprint density at radius 2 is 2.10 bits per heavy atom. The van der Waals surface area contributed by atoms with Crippen LogP contribution in [0.3, 0.4) is 0 Å². The van der Waals surface area contributed by atoms with Crippen molar-refractivity contribution >= 4 is 22.4 Å². The number of rotatable bonds is 6. The van der Waals surface area contributed by atoms with Crippen molar-refractivity contribution in [3.63, 3.8) is 0 Å². The summed E-state index contributed by atoms with van der Waals surface area (Å²) in [5.41, 5.74) is 2.20. The molecule has 0 saturated heterocycles. The van der Waals surface area contributed by atoms with E-state index in [2.05, 4.69) is 10.2 Å². The highest BCUT2D eigenvalue weighted by Crippen LogP contribution is 2.30. The van der Waals surface area contributed by atoms with Gasteiger partial charge in [0.05, 0.1) is 13.2 Å². The fourth-order valence-electron chi connectivity index (χ4n) is 1.95. The van der Waals surface area contributed by atoms with E-state index in [9.17, 15) is 4.79 Å². The van der Waals surface area contributed by atoms with Crippen molar-refractivity contribution in [3.05, 3.63) is 29.8 Å². The number of carbonyl (C=O) groups excluding carboxylic acids is 1. The number of anilines is 1. The highest BCUT2D eigenvalue weighted by Gasteiger charge is 2.19. The lowest BCUT2D eigenvalue weighted by Gasteiger charge is -2.17. The molecule has 0 saturated carbocycles. The van der Waals surface area contributed by atoms with E-state index in [-0.39, 0.29) is 5.91 Å². The van der Waals surface area contributed by atoms with E-state index in [0.29, 0.717) is 24.7 Å². The van der Waals surface area contributed by atoms with Crippen LogP contribution < -0.4 is 4.90 Å². The van der Waals surface area contributed by atoms with Gasteiger partial charge in [-0.1, -0.05) is 42.5 Å². The van der Waals surface area contributed by atoms with Gasteiger partial charge in [0.1, 0.15) is 5.01 Å². The number of aryl methyl sites for hydroxylation is 1. The van der Waals surface area contributed by atoms with Gasteiger partial charge in [-0.15, -0.1) is 10.2 Å². The maximum absolute atomic E-state index is 12.0. The van der Waals surface area contributed by atoms with Crippen LogP contribution in [0.25, 0.3) is 10.6 Å². The summed E-state index contributed by atoms with van der Waals surface area (Å²) in [5.74, 6) is 0.0273. The molecule has 112 valence electrons. The minimum absolute atomic E-state index is 0.0273. The molecule has 0 bridgehead atoms. The fourth-order valence-corrected chi connectivity index (χ4v) is 2.93. The van der Waals surface area contributed by atoms with E-state index in [1.165, 1.54) is 11.3 Å². The number of carbonyl (C=O) groups is 1. The maximum atomic E-state index is 12.0. The largest absolute Gasteiger partial charge is 0.383 e. The molecule has 0 unspecified atom stereocenters. The Bertz CT molecular complexity index is 612. The van der Waals surface area contributed by atoms with Gasteiger partial charge in [0.2, 0.25) is 11.0 Å². The molecule has 21 heavy (non-hydrogen) atoms. The number of nitrogens with zero attached hydrogens (tertiary/aromatic N) is 3. The van der Waals surface area contributed by atoms with E-state index in [0.717, 1.165) is 16.1 Å². The van der Waals surface area contributed by atoms with Crippen LogP contribution in [-0.2, 0) is 9.53 Å². The summed E-state index contributed by atoms with van der Waals surface area (Å²) >= 11 is 1.43. The molecule has 0 radical (unpaired) electrons. The van der Waals surface area contributed by atoms with Crippen molar-refractivity contribution < 1.29 is 9.53 Å². The van der Waals surface area contributed by atoms with Crippen LogP contribution in [0.15, 0.2) is 24.3 Å². The fraction of sp³-hybridized carbons (Fsp3) is 0.400. The molecule has 1 aromatic heterocycles. The molecule has 0 aliphatic heterocycles. The summed E-state index contributed by atoms with van der Waals surface area (Å²) in [6.45, 7) is 4.85. The highest BCUT2D eigenvalue weighted by molar-refractivity contribution is 7.18. The van der Waals surface area contributed by atoms with Gasteiger partial charge in [-0.25, -0.2) is 0 Å². The van der Waals surface area contributed by atoms with Gasteiger partial charge < -0.3 is 4.74 Å². The van der Waals surface area contributed by atoms with Crippen molar-refractivity contribution in [1.29, 1.82) is 0 Å². The molecule has 0 aliphatic carbocycles. The molecule has 0 spiro atoms. The normalized spacial score (nSPS) is 10.6. The number of amides is 1. The molecule has 5 nitrogen and oxygen atoms in total. The average Bonchev–Trinajstić information content (AvgIpc) is 2.97. The van der Waals surface area contributed by atoms with Crippen LogP contribution in [0, 0.1) is 6.92 Å². The minimum Gasteiger partial charge on any atom is -0.383 e. The van der Waals surface area contributed by atoms with E-state index < -0.39 is 0 Å². The maximum Gasteiger partial charge on any atom is 0.228 e. The topological polar surface area (TPSA) is 55.3 Å². The van der Waals surface area contributed by atoms with Crippen LogP contribution in [-0.4, -0.2) is 36.4 Å². The smallest absolute Gasteiger partial charge is 0.228 e. The van der Waals surface area contributed by atoms with Gasteiger partial charge in [-0.05, 0) is 12.5 Å². The third-order valence-electron chi connectivity index (χ3n) is 3.14. The number of aromatic nitrogens is 2. The van der Waals surface area contributed by atoms with Crippen molar-refractivity contribution in [3.8, 4) is 10.6 Å². The molecule has 6 heteroatoms. The van der Waals surface area contributed by atoms with E-state index in [1.807, 2.05) is 38.1 Å². The number of methoxy groups -OCH3 is 1. The standard InChI is InChI=1S/C15H19N3O2S/c1-4-13(19)18(9-10-20-3)15-17-16-14(21-15)12-8-6-5-7-11(12)2/h5-8H,4,9-10H2,1-3H3. The third-order valence-corrected chi connectivity index (χ3v) is 4.12. The third kappa shape index (κ3) is 3.65. The van der Waals surface area contributed by atoms with E-state index >= 15 is 0 Å². The van der Waals surface area contributed by atoms with Crippen LogP contribution in [0.1, 0.15) is 18.9 Å². The summed E-state index contributed by atoms with van der Waals surface area (Å²) in [5, 5.41) is 9.85. The van der Waals surface area contributed by atoms with Crippen LogP contribution in [0.5, 0.6) is 0 Å². The van der Waals surface area contributed by atoms with Gasteiger partial charge >= 0.3 is 0 Å². The first kappa shape index (κ1) is 15.6. The van der Waals surface area contributed by atoms with Crippen molar-refractivity contribution in [1.82, 2.24) is 10.2 Å². The molecular weight excluding hydrogens is 286 g/mol. The van der Waals surface area contributed by atoms with Crippen LogP contribution in [0.2, 0.25) is 0 Å². The first-order valence-electron chi connectivity index (χ1n) is 6.86. The van der Waals surface area contributed by atoms with Crippen molar-refractivity contribution in [2.75, 3.05) is 25.2 Å². The van der Waals surface area contributed by atoms with E-state index in [4.69, 9.17) is 4.74 Å². The second-order valence-electron chi connectivity index (χ2n) is 4.60. The molecule has 0 fully saturated rings. The Labute approximate surface area is 128 Å². The minimum atomic E-state index is 0.0273. The van der Waals surface area contributed by atoms with Gasteiger partial charge in [-0.3, -0.25) is 9.69 Å². The Morgan fingerprint density at radius 3 is 2.76 bits per heavy atom. The number of benzene rings is 1. The molecule has 0 aliphatic rings. The van der Waals surface area contributed by atoms with Crippen molar-refractivity contribution in [2.24, 2.45) is 0 Å². The number of hydrogen-bond donors (Lipinski definition) is 0. The molecule has 0 atom stereocenters. The predicted octanol–water partition coefficient (Wildman–Crippen LogP) is 2.90. The van der Waals surface area contributed by atoms with Gasteiger partial charge in [-0.2, -0.15) is 0 Å². The zero-order chi connectivity index (χ0) is 15.2. The van der Waals surface area contributed by atoms with Crippen LogP contribution >= 0.6 is 11.3 Å². The molecule has 0 N–H and O–H groups in total. The second kappa shape index (κ2) is 7.28. The average molecular weight is 305 g/mol. The van der Waals surface area contributed by atoms with E-state index in [1.54, 1.807) is 12.0 Å². The Morgan fingerprint density at radius 1 is 1.33 bits per heavy atom. The lowest BCUT2D eigenvalue weighted by molar-refractivity contribution is -0.118. The zero-order valence-corrected chi connectivity index (χ0v) is 13.3. The lowest BCUT2D eigenvalue weighted by atomic mass is 10.1. The Balaban J connectivity index is 2.28. The summed E-state index contributed by atoms with van der Waals surface area (Å²) < 4.78 is 5.06. The molecular formula is C15H19N3O2S. The van der Waals surface area contributed by atoms with Crippen molar-refractivity contribution in [2.45, 2.75) is 20.3 Å². The molecule has 1 heterocycles. The first-order valence-corrected chi connectivity index (χ1v) is 7.67. The zero-order valence-electron chi connectivity index (χ0n) is 12.5. The first-order chi connectivity index (χ1) is 10.2. The second-order valence-corrected chi connectivity index (χ2v) is 5.55. The van der Waals surface area contributed by atoms with Gasteiger partial charge in [0.15, 0.2) is 0 Å². The molecule has 2 rings (SSSR count). The Kier molecular flexibility index (Phi) is 5.41. The predicted molar refractivity (Wildman–Crippen MR) is 84.6 cm³/mol. The lowest BCUT2D eigenvalue weighted by Crippen LogP contribution is -2.33. The molecule has 1 amide bonds. The quantitative estimate of drug-likeness (QED) is 0.823. The van der Waals surface area contributed by atoms with Gasteiger partial charge in [0.25, 0.3) is 0 Å². The number of hydrogen-bond acceptors (Lipinski definition) is 5. The summed E-state index contributed by atoms with van der Waals surface area (Å²) in [6, 6.07) is 8.02. The summed E-state index contributed by atoms with van der Waals surface area (Å²) in [7, 11) is 1.62. The summed E-state index contributed by atoms with van der Waals surface area (Å²) in [6.07, 6.45) is 0.434. The molecule has 2 aromatic rings. The van der Waals surface area contributed by atoms with Gasteiger partial charge in [0, 0.05) is 19.1 Å². The SMILES string of the molecule is CCC(=O)N(CCOC)c1nnc(-c2ccccc2C)s1. The number of ether oxygens (including phenoxy) is 1. The molecule has 1 aromatic carbocycles.